The van der Waals surface area contributed by atoms with Crippen LogP contribution in [0.1, 0.15) is 27.2 Å². The summed E-state index contributed by atoms with van der Waals surface area (Å²) in [6.07, 6.45) is -4.34. The SMILES string of the molecule is O=C(O)c1[nH]c(=O)[nH]c(=O)c1CCc1ccc(C(F)(F)F)cc1. The quantitative estimate of drug-likeness (QED) is 0.792. The third-order valence-corrected chi connectivity index (χ3v) is 3.20. The molecule has 122 valence electrons. The Kier molecular flexibility index (Phi) is 4.39. The molecule has 1 heterocycles. The van der Waals surface area contributed by atoms with Crippen LogP contribution in [-0.2, 0) is 19.0 Å². The highest BCUT2D eigenvalue weighted by atomic mass is 19.4. The number of halogens is 3. The minimum Gasteiger partial charge on any atom is -0.477 e. The second-order valence-corrected chi connectivity index (χ2v) is 4.76. The van der Waals surface area contributed by atoms with E-state index < -0.39 is 34.7 Å². The first-order valence-corrected chi connectivity index (χ1v) is 6.43. The van der Waals surface area contributed by atoms with E-state index in [1.807, 2.05) is 9.97 Å². The highest BCUT2D eigenvalue weighted by Gasteiger charge is 2.29. The predicted octanol–water partition coefficient (Wildman–Crippen LogP) is 1.57. The van der Waals surface area contributed by atoms with Gasteiger partial charge in [0.1, 0.15) is 5.69 Å². The highest BCUT2D eigenvalue weighted by Crippen LogP contribution is 2.29. The number of carboxylic acids is 1. The fourth-order valence-electron chi connectivity index (χ4n) is 2.06. The number of aromatic nitrogens is 2. The van der Waals surface area contributed by atoms with E-state index in [1.54, 1.807) is 0 Å². The summed E-state index contributed by atoms with van der Waals surface area (Å²) >= 11 is 0. The van der Waals surface area contributed by atoms with Crippen LogP contribution in [0, 0.1) is 0 Å². The van der Waals surface area contributed by atoms with Crippen LogP contribution >= 0.6 is 0 Å². The van der Waals surface area contributed by atoms with Gasteiger partial charge in [-0.15, -0.1) is 0 Å². The molecule has 0 spiro atoms. The fraction of sp³-hybridized carbons (Fsp3) is 0.214. The van der Waals surface area contributed by atoms with Crippen LogP contribution in [-0.4, -0.2) is 21.0 Å². The molecular weight excluding hydrogens is 317 g/mol. The Morgan fingerprint density at radius 2 is 1.65 bits per heavy atom. The summed E-state index contributed by atoms with van der Waals surface area (Å²) in [6, 6.07) is 4.32. The van der Waals surface area contributed by atoms with Gasteiger partial charge in [0.15, 0.2) is 0 Å². The van der Waals surface area contributed by atoms with Gasteiger partial charge in [-0.2, -0.15) is 13.2 Å². The first-order chi connectivity index (χ1) is 10.7. The molecule has 0 bridgehead atoms. The molecule has 0 aliphatic heterocycles. The van der Waals surface area contributed by atoms with Crippen LogP contribution in [0.15, 0.2) is 33.9 Å². The van der Waals surface area contributed by atoms with Crippen molar-refractivity contribution in [3.63, 3.8) is 0 Å². The van der Waals surface area contributed by atoms with Gasteiger partial charge in [-0.05, 0) is 30.5 Å². The van der Waals surface area contributed by atoms with E-state index in [4.69, 9.17) is 5.11 Å². The molecule has 0 saturated heterocycles. The molecule has 0 radical (unpaired) electrons. The Labute approximate surface area is 126 Å². The molecule has 0 fully saturated rings. The Morgan fingerprint density at radius 3 is 2.17 bits per heavy atom. The van der Waals surface area contributed by atoms with E-state index in [0.717, 1.165) is 12.1 Å². The molecule has 0 amide bonds. The van der Waals surface area contributed by atoms with Crippen molar-refractivity contribution >= 4 is 5.97 Å². The van der Waals surface area contributed by atoms with Crippen LogP contribution in [0.3, 0.4) is 0 Å². The number of aromatic amines is 2. The van der Waals surface area contributed by atoms with Gasteiger partial charge in [-0.25, -0.2) is 9.59 Å². The van der Waals surface area contributed by atoms with E-state index >= 15 is 0 Å². The molecule has 23 heavy (non-hydrogen) atoms. The predicted molar refractivity (Wildman–Crippen MR) is 73.5 cm³/mol. The molecule has 0 aliphatic rings. The number of alkyl halides is 3. The van der Waals surface area contributed by atoms with Gasteiger partial charge in [0.2, 0.25) is 0 Å². The molecule has 1 aromatic heterocycles. The molecule has 1 aromatic carbocycles. The van der Waals surface area contributed by atoms with Crippen molar-refractivity contribution in [1.29, 1.82) is 0 Å². The van der Waals surface area contributed by atoms with Crippen LogP contribution in [0.5, 0.6) is 0 Å². The average Bonchev–Trinajstić information content (AvgIpc) is 2.45. The Bertz CT molecular complexity index is 835. The van der Waals surface area contributed by atoms with Gasteiger partial charge in [0.25, 0.3) is 5.56 Å². The Morgan fingerprint density at radius 1 is 1.04 bits per heavy atom. The Balaban J connectivity index is 2.23. The number of carboxylic acid groups (broad SMARTS) is 1. The topological polar surface area (TPSA) is 103 Å². The standard InChI is InChI=1S/C14H11F3N2O4/c15-14(16,17)8-4-1-7(2-5-8)3-6-9-10(12(21)22)18-13(23)19-11(9)20/h1-2,4-5H,3,6H2,(H,21,22)(H2,18,19,20,23). The largest absolute Gasteiger partial charge is 0.477 e. The Hall–Kier alpha value is -2.84. The summed E-state index contributed by atoms with van der Waals surface area (Å²) in [6.45, 7) is 0. The summed E-state index contributed by atoms with van der Waals surface area (Å²) in [5, 5.41) is 8.99. The van der Waals surface area contributed by atoms with Crippen LogP contribution in [0.25, 0.3) is 0 Å². The zero-order chi connectivity index (χ0) is 17.2. The van der Waals surface area contributed by atoms with Gasteiger partial charge in [-0.3, -0.25) is 9.78 Å². The molecule has 0 atom stereocenters. The summed E-state index contributed by atoms with van der Waals surface area (Å²) in [7, 11) is 0. The lowest BCUT2D eigenvalue weighted by Gasteiger charge is -2.08. The van der Waals surface area contributed by atoms with E-state index in [0.29, 0.717) is 5.56 Å². The summed E-state index contributed by atoms with van der Waals surface area (Å²) in [5.74, 6) is -1.46. The maximum atomic E-state index is 12.5. The van der Waals surface area contributed by atoms with Gasteiger partial charge in [0, 0.05) is 5.56 Å². The van der Waals surface area contributed by atoms with E-state index in [-0.39, 0.29) is 18.4 Å². The van der Waals surface area contributed by atoms with Crippen molar-refractivity contribution in [2.24, 2.45) is 0 Å². The number of carbonyl (C=O) groups is 1. The fourth-order valence-corrected chi connectivity index (χ4v) is 2.06. The van der Waals surface area contributed by atoms with Crippen molar-refractivity contribution in [1.82, 2.24) is 9.97 Å². The number of nitrogens with one attached hydrogen (secondary N) is 2. The third-order valence-electron chi connectivity index (χ3n) is 3.20. The number of H-pyrrole nitrogens is 2. The van der Waals surface area contributed by atoms with Gasteiger partial charge >= 0.3 is 17.8 Å². The van der Waals surface area contributed by atoms with E-state index in [9.17, 15) is 27.6 Å². The van der Waals surface area contributed by atoms with E-state index in [2.05, 4.69) is 0 Å². The first kappa shape index (κ1) is 16.5. The number of hydrogen-bond acceptors (Lipinski definition) is 3. The van der Waals surface area contributed by atoms with Crippen molar-refractivity contribution in [3.05, 3.63) is 67.5 Å². The minimum atomic E-state index is -4.44. The molecule has 2 aromatic rings. The summed E-state index contributed by atoms with van der Waals surface area (Å²) in [5.41, 5.74) is -2.74. The second kappa shape index (κ2) is 6.11. The molecule has 0 unspecified atom stereocenters. The van der Waals surface area contributed by atoms with Crippen LogP contribution in [0.2, 0.25) is 0 Å². The number of aromatic carboxylic acids is 1. The molecule has 9 heteroatoms. The van der Waals surface area contributed by atoms with Crippen molar-refractivity contribution in [2.75, 3.05) is 0 Å². The zero-order valence-electron chi connectivity index (χ0n) is 11.5. The number of aryl methyl sites for hydroxylation is 1. The molecular formula is C14H11F3N2O4. The van der Waals surface area contributed by atoms with Crippen molar-refractivity contribution < 1.29 is 23.1 Å². The van der Waals surface area contributed by atoms with Crippen molar-refractivity contribution in [3.8, 4) is 0 Å². The lowest BCUT2D eigenvalue weighted by molar-refractivity contribution is -0.137. The maximum absolute atomic E-state index is 12.5. The molecule has 0 aliphatic carbocycles. The number of benzene rings is 1. The smallest absolute Gasteiger partial charge is 0.416 e. The molecule has 3 N–H and O–H groups in total. The number of hydrogen-bond donors (Lipinski definition) is 3. The lowest BCUT2D eigenvalue weighted by Crippen LogP contribution is -2.30. The maximum Gasteiger partial charge on any atom is 0.416 e. The lowest BCUT2D eigenvalue weighted by atomic mass is 10.0. The van der Waals surface area contributed by atoms with E-state index in [1.165, 1.54) is 12.1 Å². The normalized spacial score (nSPS) is 11.4. The van der Waals surface area contributed by atoms with Gasteiger partial charge < -0.3 is 10.1 Å². The monoisotopic (exact) mass is 328 g/mol. The van der Waals surface area contributed by atoms with Gasteiger partial charge in [0.05, 0.1) is 5.56 Å². The average molecular weight is 328 g/mol. The summed E-state index contributed by atoms with van der Waals surface area (Å²) < 4.78 is 37.4. The third kappa shape index (κ3) is 3.87. The zero-order valence-corrected chi connectivity index (χ0v) is 11.5. The highest BCUT2D eigenvalue weighted by molar-refractivity contribution is 5.86. The van der Waals surface area contributed by atoms with Crippen LogP contribution in [0.4, 0.5) is 13.2 Å². The number of rotatable bonds is 4. The summed E-state index contributed by atoms with van der Waals surface area (Å²) in [4.78, 5) is 37.8. The van der Waals surface area contributed by atoms with Crippen molar-refractivity contribution in [2.45, 2.75) is 19.0 Å². The molecule has 2 rings (SSSR count). The first-order valence-electron chi connectivity index (χ1n) is 6.43. The second-order valence-electron chi connectivity index (χ2n) is 4.76. The minimum absolute atomic E-state index is 0.0425. The van der Waals surface area contributed by atoms with Gasteiger partial charge in [-0.1, -0.05) is 12.1 Å². The molecule has 0 saturated carbocycles. The molecule has 6 nitrogen and oxygen atoms in total. The van der Waals surface area contributed by atoms with Crippen LogP contribution < -0.4 is 11.2 Å².